The Hall–Kier alpha value is -2.88. The van der Waals surface area contributed by atoms with Gasteiger partial charge in [-0.3, -0.25) is 13.9 Å². The van der Waals surface area contributed by atoms with Crippen molar-refractivity contribution in [2.24, 2.45) is 14.1 Å². The lowest BCUT2D eigenvalue weighted by Crippen LogP contribution is -2.38. The van der Waals surface area contributed by atoms with Crippen LogP contribution < -0.4 is 17.0 Å². The van der Waals surface area contributed by atoms with Crippen molar-refractivity contribution in [1.29, 1.82) is 5.26 Å². The summed E-state index contributed by atoms with van der Waals surface area (Å²) in [5.41, 5.74) is 6.14. The Labute approximate surface area is 132 Å². The highest BCUT2D eigenvalue weighted by molar-refractivity contribution is 5.84. The van der Waals surface area contributed by atoms with Crippen molar-refractivity contribution in [3.63, 3.8) is 0 Å². The molecule has 2 heterocycles. The molecule has 2 aromatic heterocycles. The first-order chi connectivity index (χ1) is 11.0. The monoisotopic (exact) mass is 311 g/mol. The number of nitrogens with zero attached hydrogens (tertiary/aromatic N) is 4. The molecule has 7 heteroatoms. The van der Waals surface area contributed by atoms with Crippen LogP contribution in [0.15, 0.2) is 21.7 Å². The lowest BCUT2D eigenvalue weighted by atomic mass is 9.84. The fourth-order valence-electron chi connectivity index (χ4n) is 3.21. The number of nitrogen functional groups attached to an aromatic ring is 1. The third kappa shape index (κ3) is 2.14. The number of anilines is 1. The first kappa shape index (κ1) is 15.0. The largest absolute Gasteiger partial charge is 0.383 e. The van der Waals surface area contributed by atoms with Crippen molar-refractivity contribution in [3.05, 3.63) is 44.1 Å². The van der Waals surface area contributed by atoms with E-state index in [1.54, 1.807) is 7.05 Å². The van der Waals surface area contributed by atoms with E-state index < -0.39 is 11.2 Å². The third-order valence-electron chi connectivity index (χ3n) is 4.44. The van der Waals surface area contributed by atoms with Gasteiger partial charge >= 0.3 is 5.69 Å². The second kappa shape index (κ2) is 5.39. The number of nitrogens with two attached hydrogens (primary N) is 1. The van der Waals surface area contributed by atoms with Gasteiger partial charge < -0.3 is 5.73 Å². The number of pyridine rings is 1. The molecular weight excluding hydrogens is 294 g/mol. The minimum absolute atomic E-state index is 0.0210. The summed E-state index contributed by atoms with van der Waals surface area (Å²) in [6.07, 6.45) is 6.58. The molecule has 2 aromatic rings. The van der Waals surface area contributed by atoms with Crippen LogP contribution in [0.2, 0.25) is 0 Å². The fraction of sp³-hybridized carbons (Fsp3) is 0.375. The lowest BCUT2D eigenvalue weighted by molar-refractivity contribution is 0.616. The Morgan fingerprint density at radius 1 is 1.30 bits per heavy atom. The summed E-state index contributed by atoms with van der Waals surface area (Å²) in [5, 5.41) is 9.83. The first-order valence-corrected chi connectivity index (χ1v) is 7.41. The van der Waals surface area contributed by atoms with Crippen molar-refractivity contribution in [3.8, 4) is 6.07 Å². The highest BCUT2D eigenvalue weighted by Crippen LogP contribution is 2.35. The van der Waals surface area contributed by atoms with Gasteiger partial charge in [0.15, 0.2) is 5.65 Å². The molecule has 0 aliphatic heterocycles. The van der Waals surface area contributed by atoms with Crippen molar-refractivity contribution in [1.82, 2.24) is 14.1 Å². The molecule has 23 heavy (non-hydrogen) atoms. The molecule has 7 nitrogen and oxygen atoms in total. The number of aryl methyl sites for hydroxylation is 1. The number of nitriles is 1. The molecule has 1 atom stereocenters. The van der Waals surface area contributed by atoms with E-state index in [4.69, 9.17) is 5.73 Å². The summed E-state index contributed by atoms with van der Waals surface area (Å²) < 4.78 is 2.35. The van der Waals surface area contributed by atoms with Crippen molar-refractivity contribution in [2.75, 3.05) is 5.73 Å². The maximum absolute atomic E-state index is 12.7. The van der Waals surface area contributed by atoms with Crippen LogP contribution in [-0.2, 0) is 14.1 Å². The summed E-state index contributed by atoms with van der Waals surface area (Å²) in [4.78, 5) is 29.0. The van der Waals surface area contributed by atoms with Crippen molar-refractivity contribution >= 4 is 16.9 Å². The number of hydrogen-bond donors (Lipinski definition) is 1. The Balaban J connectivity index is 2.54. The van der Waals surface area contributed by atoms with Crippen LogP contribution >= 0.6 is 0 Å². The SMILES string of the molecule is Cn1c(=O)c2c([C@@H]3CC=CCC3)c(C#N)c(N)nc2n(C)c1=O. The summed E-state index contributed by atoms with van der Waals surface area (Å²) >= 11 is 0. The van der Waals surface area contributed by atoms with Gasteiger partial charge in [-0.15, -0.1) is 0 Å². The van der Waals surface area contributed by atoms with Crippen LogP contribution in [0.5, 0.6) is 0 Å². The Morgan fingerprint density at radius 3 is 2.65 bits per heavy atom. The fourth-order valence-corrected chi connectivity index (χ4v) is 3.21. The van der Waals surface area contributed by atoms with E-state index in [-0.39, 0.29) is 22.9 Å². The van der Waals surface area contributed by atoms with Gasteiger partial charge in [0.1, 0.15) is 11.9 Å². The number of allylic oxidation sites excluding steroid dienone is 2. The predicted octanol–water partition coefficient (Wildman–Crippen LogP) is 0.910. The van der Waals surface area contributed by atoms with E-state index in [0.29, 0.717) is 10.9 Å². The quantitative estimate of drug-likeness (QED) is 0.788. The van der Waals surface area contributed by atoms with Crippen molar-refractivity contribution in [2.45, 2.75) is 25.2 Å². The maximum atomic E-state index is 12.7. The van der Waals surface area contributed by atoms with E-state index in [2.05, 4.69) is 17.1 Å². The minimum atomic E-state index is -0.464. The zero-order valence-corrected chi connectivity index (χ0v) is 13.0. The van der Waals surface area contributed by atoms with E-state index in [1.165, 1.54) is 11.6 Å². The van der Waals surface area contributed by atoms with Gasteiger partial charge in [-0.25, -0.2) is 9.78 Å². The summed E-state index contributed by atoms with van der Waals surface area (Å²) in [6, 6.07) is 2.09. The third-order valence-corrected chi connectivity index (χ3v) is 4.44. The van der Waals surface area contributed by atoms with E-state index in [9.17, 15) is 14.9 Å². The molecule has 2 N–H and O–H groups in total. The molecule has 0 bridgehead atoms. The maximum Gasteiger partial charge on any atom is 0.332 e. The van der Waals surface area contributed by atoms with Gasteiger partial charge in [0.25, 0.3) is 5.56 Å². The van der Waals surface area contributed by atoms with Gasteiger partial charge in [-0.2, -0.15) is 5.26 Å². The predicted molar refractivity (Wildman–Crippen MR) is 87.1 cm³/mol. The Bertz CT molecular complexity index is 991. The topological polar surface area (TPSA) is 107 Å². The van der Waals surface area contributed by atoms with E-state index in [1.807, 2.05) is 6.08 Å². The van der Waals surface area contributed by atoms with E-state index >= 15 is 0 Å². The Kier molecular flexibility index (Phi) is 3.52. The number of aromatic nitrogens is 3. The molecule has 1 aliphatic rings. The van der Waals surface area contributed by atoms with Gasteiger partial charge in [-0.05, 0) is 30.7 Å². The van der Waals surface area contributed by atoms with Gasteiger partial charge in [0.05, 0.1) is 10.9 Å². The molecule has 3 rings (SSSR count). The van der Waals surface area contributed by atoms with Crippen LogP contribution in [-0.4, -0.2) is 14.1 Å². The highest BCUT2D eigenvalue weighted by Gasteiger charge is 2.25. The zero-order chi connectivity index (χ0) is 16.7. The van der Waals surface area contributed by atoms with Crippen LogP contribution in [0.4, 0.5) is 5.82 Å². The average Bonchev–Trinajstić information content (AvgIpc) is 2.57. The molecule has 118 valence electrons. The number of hydrogen-bond acceptors (Lipinski definition) is 5. The minimum Gasteiger partial charge on any atom is -0.383 e. The first-order valence-electron chi connectivity index (χ1n) is 7.41. The molecule has 0 fully saturated rings. The van der Waals surface area contributed by atoms with Gasteiger partial charge in [-0.1, -0.05) is 12.2 Å². The molecule has 0 amide bonds. The molecule has 0 unspecified atom stereocenters. The second-order valence-electron chi connectivity index (χ2n) is 5.78. The van der Waals surface area contributed by atoms with Crippen molar-refractivity contribution < 1.29 is 0 Å². The van der Waals surface area contributed by atoms with Gasteiger partial charge in [0, 0.05) is 14.1 Å². The smallest absolute Gasteiger partial charge is 0.332 e. The molecule has 0 spiro atoms. The summed E-state index contributed by atoms with van der Waals surface area (Å²) in [6.45, 7) is 0. The van der Waals surface area contributed by atoms with Crippen LogP contribution in [0.3, 0.4) is 0 Å². The van der Waals surface area contributed by atoms with Crippen LogP contribution in [0.1, 0.15) is 36.3 Å². The van der Waals surface area contributed by atoms with E-state index in [0.717, 1.165) is 23.8 Å². The molecule has 0 aromatic carbocycles. The normalized spacial score (nSPS) is 17.3. The molecular formula is C16H17N5O2. The van der Waals surface area contributed by atoms with Crippen LogP contribution in [0.25, 0.3) is 11.0 Å². The molecule has 0 radical (unpaired) electrons. The lowest BCUT2D eigenvalue weighted by Gasteiger charge is -2.22. The molecule has 1 aliphatic carbocycles. The van der Waals surface area contributed by atoms with Crippen LogP contribution in [0, 0.1) is 11.3 Å². The average molecular weight is 311 g/mol. The summed E-state index contributed by atoms with van der Waals surface area (Å²) in [7, 11) is 2.98. The Morgan fingerprint density at radius 2 is 2.04 bits per heavy atom. The molecule has 0 saturated heterocycles. The zero-order valence-electron chi connectivity index (χ0n) is 13.0. The standard InChI is InChI=1S/C16H17N5O2/c1-20-14-12(15(22)21(2)16(20)23)11(9-6-4-3-5-7-9)10(8-17)13(18)19-14/h3-4,9H,5-7H2,1-2H3,(H2,18,19)/t9-/m1/s1. The molecule has 0 saturated carbocycles. The highest BCUT2D eigenvalue weighted by atomic mass is 16.2. The number of fused-ring (bicyclic) bond motifs is 1. The van der Waals surface area contributed by atoms with Gasteiger partial charge in [0.2, 0.25) is 0 Å². The second-order valence-corrected chi connectivity index (χ2v) is 5.78. The number of rotatable bonds is 1. The summed E-state index contributed by atoms with van der Waals surface area (Å²) in [5.74, 6) is 0.0838.